The summed E-state index contributed by atoms with van der Waals surface area (Å²) >= 11 is 1.50. The fourth-order valence-electron chi connectivity index (χ4n) is 1.53. The molecule has 2 heterocycles. The number of aryl methyl sites for hydroxylation is 2. The third-order valence-corrected chi connectivity index (χ3v) is 3.15. The van der Waals surface area contributed by atoms with E-state index in [-0.39, 0.29) is 5.78 Å². The predicted octanol–water partition coefficient (Wildman–Crippen LogP) is 1.86. The van der Waals surface area contributed by atoms with Crippen molar-refractivity contribution in [2.45, 2.75) is 19.8 Å². The second-order valence-corrected chi connectivity index (χ2v) is 4.50. The third kappa shape index (κ3) is 2.19. The number of rotatable bonds is 4. The van der Waals surface area contributed by atoms with Gasteiger partial charge in [0.05, 0.1) is 12.1 Å². The van der Waals surface area contributed by atoms with E-state index in [1.807, 2.05) is 18.4 Å². The highest BCUT2D eigenvalue weighted by Crippen LogP contribution is 2.11. The van der Waals surface area contributed by atoms with E-state index in [0.29, 0.717) is 12.1 Å². The molecule has 0 amide bonds. The number of Topliss-reactive ketones (excluding diaryl/α,β-unsaturated/α-hetero) is 1. The number of carbonyl (C=O) groups excluding carboxylic acids is 1. The van der Waals surface area contributed by atoms with Crippen LogP contribution in [-0.4, -0.2) is 20.5 Å². The van der Waals surface area contributed by atoms with Crippen LogP contribution >= 0.6 is 11.3 Å². The minimum Gasteiger partial charge on any atom is -0.292 e. The van der Waals surface area contributed by atoms with E-state index in [1.54, 1.807) is 17.9 Å². The van der Waals surface area contributed by atoms with Gasteiger partial charge in [0.1, 0.15) is 10.7 Å². The van der Waals surface area contributed by atoms with Crippen molar-refractivity contribution in [2.24, 2.45) is 7.05 Å². The highest BCUT2D eigenvalue weighted by atomic mass is 32.1. The highest BCUT2D eigenvalue weighted by Gasteiger charge is 2.14. The molecule has 0 saturated carbocycles. The first-order valence-electron chi connectivity index (χ1n) is 5.15. The lowest BCUT2D eigenvalue weighted by Crippen LogP contribution is -2.09. The molecule has 84 valence electrons. The van der Waals surface area contributed by atoms with Gasteiger partial charge in [0.25, 0.3) is 0 Å². The van der Waals surface area contributed by atoms with Crippen LogP contribution in [0.1, 0.15) is 28.1 Å². The quantitative estimate of drug-likeness (QED) is 0.760. The molecule has 0 aliphatic heterocycles. The van der Waals surface area contributed by atoms with Crippen LogP contribution < -0.4 is 0 Å². The maximum Gasteiger partial charge on any atom is 0.187 e. The molecule has 0 unspecified atom stereocenters. The summed E-state index contributed by atoms with van der Waals surface area (Å²) in [6.45, 7) is 2.03. The Morgan fingerprint density at radius 2 is 2.38 bits per heavy atom. The fourth-order valence-corrected chi connectivity index (χ4v) is 2.14. The molecule has 0 atom stereocenters. The summed E-state index contributed by atoms with van der Waals surface area (Å²) in [5, 5.41) is 6.99. The maximum absolute atomic E-state index is 12.0. The second-order valence-electron chi connectivity index (χ2n) is 3.52. The van der Waals surface area contributed by atoms with Crippen LogP contribution in [0, 0.1) is 0 Å². The molecule has 0 aromatic carbocycles. The Labute approximate surface area is 97.9 Å². The Morgan fingerprint density at radius 3 is 2.94 bits per heavy atom. The summed E-state index contributed by atoms with van der Waals surface area (Å²) in [5.41, 5.74) is 1.61. The molecule has 0 saturated heterocycles. The lowest BCUT2D eigenvalue weighted by molar-refractivity contribution is 0.0984. The smallest absolute Gasteiger partial charge is 0.187 e. The Kier molecular flexibility index (Phi) is 3.14. The van der Waals surface area contributed by atoms with Crippen LogP contribution in [-0.2, 0) is 19.9 Å². The van der Waals surface area contributed by atoms with Crippen LogP contribution in [0.2, 0.25) is 0 Å². The van der Waals surface area contributed by atoms with E-state index in [2.05, 4.69) is 10.1 Å². The number of carbonyl (C=O) groups is 1. The van der Waals surface area contributed by atoms with E-state index in [1.165, 1.54) is 11.3 Å². The highest BCUT2D eigenvalue weighted by molar-refractivity contribution is 7.09. The number of hydrogen-bond donors (Lipinski definition) is 0. The summed E-state index contributed by atoms with van der Waals surface area (Å²) in [7, 11) is 1.80. The molecule has 0 bridgehead atoms. The van der Waals surface area contributed by atoms with Gasteiger partial charge in [0.15, 0.2) is 5.78 Å². The van der Waals surface area contributed by atoms with Crippen molar-refractivity contribution in [3.8, 4) is 0 Å². The molecule has 0 spiro atoms. The molecule has 4 nitrogen and oxygen atoms in total. The Morgan fingerprint density at radius 1 is 1.56 bits per heavy atom. The van der Waals surface area contributed by atoms with Gasteiger partial charge in [-0.05, 0) is 12.5 Å². The average molecular weight is 235 g/mol. The van der Waals surface area contributed by atoms with Crippen LogP contribution in [0.15, 0.2) is 17.6 Å². The monoisotopic (exact) mass is 235 g/mol. The van der Waals surface area contributed by atoms with Crippen molar-refractivity contribution in [1.82, 2.24) is 14.8 Å². The van der Waals surface area contributed by atoms with Gasteiger partial charge in [0.2, 0.25) is 0 Å². The lowest BCUT2D eigenvalue weighted by Gasteiger charge is -1.98. The van der Waals surface area contributed by atoms with Crippen molar-refractivity contribution in [3.63, 3.8) is 0 Å². The zero-order chi connectivity index (χ0) is 11.5. The molecule has 2 rings (SSSR count). The average Bonchev–Trinajstić information content (AvgIpc) is 2.87. The summed E-state index contributed by atoms with van der Waals surface area (Å²) in [4.78, 5) is 16.1. The second kappa shape index (κ2) is 4.57. The van der Waals surface area contributed by atoms with Gasteiger partial charge in [-0.1, -0.05) is 6.92 Å². The van der Waals surface area contributed by atoms with Crippen molar-refractivity contribution < 1.29 is 4.79 Å². The molecule has 0 radical (unpaired) electrons. The first-order valence-corrected chi connectivity index (χ1v) is 6.03. The molecular weight excluding hydrogens is 222 g/mol. The predicted molar refractivity (Wildman–Crippen MR) is 62.7 cm³/mol. The fraction of sp³-hybridized carbons (Fsp3) is 0.364. The number of aromatic nitrogens is 3. The van der Waals surface area contributed by atoms with Gasteiger partial charge in [-0.15, -0.1) is 11.3 Å². The van der Waals surface area contributed by atoms with E-state index in [9.17, 15) is 4.79 Å². The molecule has 0 aliphatic carbocycles. The van der Waals surface area contributed by atoms with E-state index >= 15 is 0 Å². The van der Waals surface area contributed by atoms with Gasteiger partial charge in [-0.25, -0.2) is 4.98 Å². The van der Waals surface area contributed by atoms with Crippen molar-refractivity contribution >= 4 is 17.1 Å². The molecule has 2 aromatic heterocycles. The molecule has 0 aliphatic rings. The number of hydrogen-bond acceptors (Lipinski definition) is 4. The van der Waals surface area contributed by atoms with Crippen LogP contribution in [0.4, 0.5) is 0 Å². The number of ketones is 1. The molecule has 5 heteroatoms. The molecule has 2 aromatic rings. The van der Waals surface area contributed by atoms with E-state index in [0.717, 1.165) is 17.1 Å². The zero-order valence-corrected chi connectivity index (χ0v) is 10.1. The van der Waals surface area contributed by atoms with Crippen molar-refractivity contribution in [3.05, 3.63) is 34.0 Å². The Bertz CT molecular complexity index is 487. The van der Waals surface area contributed by atoms with Gasteiger partial charge in [-0.2, -0.15) is 5.10 Å². The number of thiazole rings is 1. The van der Waals surface area contributed by atoms with Crippen molar-refractivity contribution in [2.75, 3.05) is 0 Å². The lowest BCUT2D eigenvalue weighted by atomic mass is 10.2. The molecule has 0 N–H and O–H groups in total. The SMILES string of the molecule is CCc1cc(C(=O)Cc2nccs2)n(C)n1. The molecular formula is C11H13N3OS. The third-order valence-electron chi connectivity index (χ3n) is 2.37. The normalized spacial score (nSPS) is 10.6. The van der Waals surface area contributed by atoms with Crippen LogP contribution in [0.5, 0.6) is 0 Å². The first-order chi connectivity index (χ1) is 7.70. The summed E-state index contributed by atoms with van der Waals surface area (Å²) in [6, 6.07) is 1.86. The first kappa shape index (κ1) is 11.0. The van der Waals surface area contributed by atoms with E-state index in [4.69, 9.17) is 0 Å². The van der Waals surface area contributed by atoms with Crippen molar-refractivity contribution in [1.29, 1.82) is 0 Å². The van der Waals surface area contributed by atoms with Gasteiger partial charge >= 0.3 is 0 Å². The largest absolute Gasteiger partial charge is 0.292 e. The standard InChI is InChI=1S/C11H13N3OS/c1-3-8-6-9(14(2)13-8)10(15)7-11-12-4-5-16-11/h4-6H,3,7H2,1-2H3. The maximum atomic E-state index is 12.0. The van der Waals surface area contributed by atoms with Crippen LogP contribution in [0.25, 0.3) is 0 Å². The van der Waals surface area contributed by atoms with Crippen LogP contribution in [0.3, 0.4) is 0 Å². The Hall–Kier alpha value is -1.49. The van der Waals surface area contributed by atoms with Gasteiger partial charge < -0.3 is 0 Å². The topological polar surface area (TPSA) is 47.8 Å². The number of nitrogens with zero attached hydrogens (tertiary/aromatic N) is 3. The van der Waals surface area contributed by atoms with Gasteiger partial charge in [0, 0.05) is 18.6 Å². The molecule has 0 fully saturated rings. The molecule has 16 heavy (non-hydrogen) atoms. The minimum atomic E-state index is 0.0738. The summed E-state index contributed by atoms with van der Waals surface area (Å²) in [6.07, 6.45) is 2.92. The van der Waals surface area contributed by atoms with Gasteiger partial charge in [-0.3, -0.25) is 9.48 Å². The zero-order valence-electron chi connectivity index (χ0n) is 9.30. The Balaban J connectivity index is 2.17. The minimum absolute atomic E-state index is 0.0738. The summed E-state index contributed by atoms with van der Waals surface area (Å²) < 4.78 is 1.65. The van der Waals surface area contributed by atoms with E-state index < -0.39 is 0 Å². The summed E-state index contributed by atoms with van der Waals surface area (Å²) in [5.74, 6) is 0.0738.